The van der Waals surface area contributed by atoms with Crippen molar-refractivity contribution in [1.82, 2.24) is 9.38 Å². The van der Waals surface area contributed by atoms with Gasteiger partial charge in [-0.15, -0.1) is 11.3 Å². The predicted octanol–water partition coefficient (Wildman–Crippen LogP) is 3.78. The number of aromatic nitrogens is 2. The van der Waals surface area contributed by atoms with Gasteiger partial charge >= 0.3 is 0 Å². The average Bonchev–Trinajstić information content (AvgIpc) is 3.58. The number of nitrogens with zero attached hydrogens (tertiary/aromatic N) is 3. The van der Waals surface area contributed by atoms with Gasteiger partial charge in [0.05, 0.1) is 5.92 Å². The van der Waals surface area contributed by atoms with Crippen molar-refractivity contribution in [2.75, 3.05) is 23.6 Å². The van der Waals surface area contributed by atoms with Crippen LogP contribution < -0.4 is 19.7 Å². The van der Waals surface area contributed by atoms with Gasteiger partial charge in [0.15, 0.2) is 16.5 Å². The van der Waals surface area contributed by atoms with Crippen LogP contribution in [0.15, 0.2) is 60.1 Å². The van der Waals surface area contributed by atoms with Crippen molar-refractivity contribution < 1.29 is 19.1 Å². The van der Waals surface area contributed by atoms with E-state index < -0.39 is 5.92 Å². The van der Waals surface area contributed by atoms with Gasteiger partial charge in [0.1, 0.15) is 11.5 Å². The summed E-state index contributed by atoms with van der Waals surface area (Å²) in [5.74, 6) is 1.11. The summed E-state index contributed by atoms with van der Waals surface area (Å²) >= 11 is 1.50. The van der Waals surface area contributed by atoms with Crippen molar-refractivity contribution in [3.8, 4) is 22.8 Å². The number of benzene rings is 2. The number of carbonyl (C=O) groups is 2. The molecule has 0 aliphatic carbocycles. The number of imidazole rings is 1. The largest absolute Gasteiger partial charge is 0.454 e. The lowest BCUT2D eigenvalue weighted by Gasteiger charge is -2.17. The maximum Gasteiger partial charge on any atom is 0.231 e. The van der Waals surface area contributed by atoms with E-state index >= 15 is 0 Å². The summed E-state index contributed by atoms with van der Waals surface area (Å²) in [6.07, 6.45) is 2.03. The summed E-state index contributed by atoms with van der Waals surface area (Å²) in [5.41, 5.74) is 2.33. The zero-order valence-electron chi connectivity index (χ0n) is 16.9. The van der Waals surface area contributed by atoms with E-state index in [-0.39, 0.29) is 25.0 Å². The highest BCUT2D eigenvalue weighted by Crippen LogP contribution is 2.37. The molecule has 8 nitrogen and oxygen atoms in total. The molecule has 0 radical (unpaired) electrons. The zero-order valence-corrected chi connectivity index (χ0v) is 17.7. The monoisotopic (exact) mass is 446 g/mol. The highest BCUT2D eigenvalue weighted by molar-refractivity contribution is 7.15. The normalized spacial score (nSPS) is 17.3. The van der Waals surface area contributed by atoms with Gasteiger partial charge in [0, 0.05) is 41.9 Å². The van der Waals surface area contributed by atoms with Gasteiger partial charge < -0.3 is 19.7 Å². The summed E-state index contributed by atoms with van der Waals surface area (Å²) in [6.45, 7) is 0.473. The van der Waals surface area contributed by atoms with Crippen LogP contribution in [0.1, 0.15) is 6.42 Å². The van der Waals surface area contributed by atoms with E-state index in [4.69, 9.17) is 14.5 Å². The minimum Gasteiger partial charge on any atom is -0.454 e. The van der Waals surface area contributed by atoms with Crippen LogP contribution in [0.25, 0.3) is 16.2 Å². The highest BCUT2D eigenvalue weighted by atomic mass is 32.1. The van der Waals surface area contributed by atoms with Gasteiger partial charge in [-0.3, -0.25) is 14.0 Å². The third kappa shape index (κ3) is 3.09. The smallest absolute Gasteiger partial charge is 0.231 e. The molecule has 0 spiro atoms. The van der Waals surface area contributed by atoms with Crippen LogP contribution >= 0.6 is 11.3 Å². The number of thiazole rings is 1. The Bertz CT molecular complexity index is 1350. The van der Waals surface area contributed by atoms with Crippen LogP contribution in [-0.4, -0.2) is 34.5 Å². The zero-order chi connectivity index (χ0) is 21.7. The highest BCUT2D eigenvalue weighted by Gasteiger charge is 2.36. The quantitative estimate of drug-likeness (QED) is 0.516. The lowest BCUT2D eigenvalue weighted by atomic mass is 10.1. The third-order valence-electron chi connectivity index (χ3n) is 5.71. The first-order chi connectivity index (χ1) is 15.7. The number of hydrogen-bond acceptors (Lipinski definition) is 6. The van der Waals surface area contributed by atoms with Crippen molar-refractivity contribution >= 4 is 39.6 Å². The molecule has 2 aromatic heterocycles. The van der Waals surface area contributed by atoms with Crippen molar-refractivity contribution in [1.29, 1.82) is 0 Å². The van der Waals surface area contributed by atoms with Crippen LogP contribution in [0.3, 0.4) is 0 Å². The number of amides is 2. The molecule has 160 valence electrons. The molecule has 2 amide bonds. The van der Waals surface area contributed by atoms with Gasteiger partial charge in [-0.1, -0.05) is 30.3 Å². The van der Waals surface area contributed by atoms with Gasteiger partial charge in [-0.25, -0.2) is 4.98 Å². The van der Waals surface area contributed by atoms with Crippen LogP contribution in [0.4, 0.5) is 11.5 Å². The van der Waals surface area contributed by atoms with Crippen LogP contribution in [0.2, 0.25) is 0 Å². The van der Waals surface area contributed by atoms with E-state index in [9.17, 15) is 9.59 Å². The molecule has 1 saturated heterocycles. The second-order valence-electron chi connectivity index (χ2n) is 7.66. The second-order valence-corrected chi connectivity index (χ2v) is 8.54. The maximum atomic E-state index is 13.2. The van der Waals surface area contributed by atoms with Crippen LogP contribution in [0, 0.1) is 5.92 Å². The van der Waals surface area contributed by atoms with E-state index in [0.717, 1.165) is 10.5 Å². The van der Waals surface area contributed by atoms with Gasteiger partial charge in [-0.05, 0) is 12.1 Å². The van der Waals surface area contributed by atoms with Crippen molar-refractivity contribution in [2.24, 2.45) is 5.92 Å². The van der Waals surface area contributed by atoms with Crippen molar-refractivity contribution in [3.63, 3.8) is 0 Å². The number of fused-ring (bicyclic) bond motifs is 2. The number of ether oxygens (including phenoxy) is 2. The summed E-state index contributed by atoms with van der Waals surface area (Å²) < 4.78 is 12.6. The molecular weight excluding hydrogens is 428 g/mol. The van der Waals surface area contributed by atoms with E-state index in [1.165, 1.54) is 11.3 Å². The minimum absolute atomic E-state index is 0.0961. The standard InChI is InChI=1S/C23H18N4O4S/c28-19-10-15(12-27(19)16-6-7-17-18(11-16)31-13-30-17)22(29)25-21-20(14-4-2-1-3-5-14)24-23-26(21)8-9-32-23/h1-9,11,15H,10,12-13H2,(H,25,29)/t15-/m0/s1. The van der Waals surface area contributed by atoms with E-state index in [1.54, 1.807) is 17.0 Å². The van der Waals surface area contributed by atoms with Crippen molar-refractivity contribution in [2.45, 2.75) is 6.42 Å². The van der Waals surface area contributed by atoms with Crippen LogP contribution in [-0.2, 0) is 9.59 Å². The Morgan fingerprint density at radius 1 is 1.12 bits per heavy atom. The van der Waals surface area contributed by atoms with Crippen molar-refractivity contribution in [3.05, 3.63) is 60.1 Å². The minimum atomic E-state index is -0.472. The van der Waals surface area contributed by atoms with E-state index in [0.29, 0.717) is 35.2 Å². The second kappa shape index (κ2) is 7.38. The molecule has 32 heavy (non-hydrogen) atoms. The molecule has 0 unspecified atom stereocenters. The molecule has 2 aliphatic rings. The third-order valence-corrected chi connectivity index (χ3v) is 6.47. The fraction of sp³-hybridized carbons (Fsp3) is 0.174. The molecule has 0 saturated carbocycles. The molecule has 1 N–H and O–H groups in total. The fourth-order valence-electron chi connectivity index (χ4n) is 4.11. The first-order valence-corrected chi connectivity index (χ1v) is 11.1. The Hall–Kier alpha value is -3.85. The number of nitrogens with one attached hydrogen (secondary N) is 1. The van der Waals surface area contributed by atoms with Crippen LogP contribution in [0.5, 0.6) is 11.5 Å². The Labute approximate surface area is 187 Å². The maximum absolute atomic E-state index is 13.2. The molecule has 4 heterocycles. The number of hydrogen-bond donors (Lipinski definition) is 1. The molecule has 2 aromatic carbocycles. The van der Waals surface area contributed by atoms with Gasteiger partial charge in [-0.2, -0.15) is 0 Å². The number of carbonyl (C=O) groups excluding carboxylic acids is 2. The Balaban J connectivity index is 1.26. The van der Waals surface area contributed by atoms with Gasteiger partial charge in [0.2, 0.25) is 18.6 Å². The molecule has 0 bridgehead atoms. The molecule has 1 fully saturated rings. The summed E-state index contributed by atoms with van der Waals surface area (Å²) in [6, 6.07) is 15.1. The Morgan fingerprint density at radius 3 is 2.84 bits per heavy atom. The molecule has 9 heteroatoms. The van der Waals surface area contributed by atoms with Gasteiger partial charge in [0.25, 0.3) is 0 Å². The molecule has 6 rings (SSSR count). The Morgan fingerprint density at radius 2 is 1.97 bits per heavy atom. The summed E-state index contributed by atoms with van der Waals surface area (Å²) in [7, 11) is 0. The number of anilines is 2. The molecular formula is C23H18N4O4S. The molecule has 1 atom stereocenters. The first kappa shape index (κ1) is 18.9. The molecule has 4 aromatic rings. The summed E-state index contributed by atoms with van der Waals surface area (Å²) in [4.78, 5) is 33.0. The predicted molar refractivity (Wildman–Crippen MR) is 120 cm³/mol. The lowest BCUT2D eigenvalue weighted by Crippen LogP contribution is -2.28. The first-order valence-electron chi connectivity index (χ1n) is 10.2. The fourth-order valence-corrected chi connectivity index (χ4v) is 4.82. The average molecular weight is 446 g/mol. The number of rotatable bonds is 4. The Kier molecular flexibility index (Phi) is 4.36. The summed E-state index contributed by atoms with van der Waals surface area (Å²) in [5, 5.41) is 4.96. The lowest BCUT2D eigenvalue weighted by molar-refractivity contribution is -0.122. The van der Waals surface area contributed by atoms with E-state index in [1.807, 2.05) is 52.4 Å². The topological polar surface area (TPSA) is 85.2 Å². The SMILES string of the molecule is O=C(Nc1c(-c2ccccc2)nc2sccn12)[C@H]1CC(=O)N(c2ccc3c(c2)OCO3)C1. The molecule has 2 aliphatic heterocycles. The van der Waals surface area contributed by atoms with E-state index in [2.05, 4.69) is 5.32 Å².